The molecule has 2 aromatic carbocycles. The number of benzene rings is 2. The molecule has 0 saturated heterocycles. The van der Waals surface area contributed by atoms with Gasteiger partial charge in [-0.2, -0.15) is 5.10 Å². The monoisotopic (exact) mass is 442 g/mol. The number of aliphatic carboxylic acids is 1. The zero-order chi connectivity index (χ0) is 23.3. The molecule has 170 valence electrons. The summed E-state index contributed by atoms with van der Waals surface area (Å²) in [6.45, 7) is 0. The maximum atomic E-state index is 12.9. The van der Waals surface area contributed by atoms with Crippen LogP contribution in [0.3, 0.4) is 0 Å². The number of methoxy groups -OCH3 is 4. The number of carboxylic acids is 1. The van der Waals surface area contributed by atoms with E-state index in [0.29, 0.717) is 40.7 Å². The van der Waals surface area contributed by atoms with Crippen molar-refractivity contribution in [2.75, 3.05) is 28.4 Å². The van der Waals surface area contributed by atoms with Crippen LogP contribution in [-0.2, 0) is 9.59 Å². The highest BCUT2D eigenvalue weighted by Crippen LogP contribution is 2.40. The third-order valence-corrected chi connectivity index (χ3v) is 5.20. The average Bonchev–Trinajstić information content (AvgIpc) is 3.27. The van der Waals surface area contributed by atoms with Gasteiger partial charge in [0.25, 0.3) is 0 Å². The Morgan fingerprint density at radius 2 is 1.59 bits per heavy atom. The second-order valence-corrected chi connectivity index (χ2v) is 7.11. The molecule has 1 N–H and O–H groups in total. The van der Waals surface area contributed by atoms with Crippen molar-refractivity contribution >= 4 is 17.6 Å². The van der Waals surface area contributed by atoms with Crippen LogP contribution in [-0.4, -0.2) is 56.1 Å². The first kappa shape index (κ1) is 22.9. The molecule has 2 aromatic rings. The highest BCUT2D eigenvalue weighted by Gasteiger charge is 2.35. The SMILES string of the molecule is COc1cc(OC)cc(C2=NN(C(=O)CCC(=O)O)[C@@H](c3cc(OC)ccc3OC)C2)c1. The molecule has 0 saturated carbocycles. The third-order valence-electron chi connectivity index (χ3n) is 5.20. The van der Waals surface area contributed by atoms with Crippen molar-refractivity contribution in [3.63, 3.8) is 0 Å². The Morgan fingerprint density at radius 1 is 0.938 bits per heavy atom. The fourth-order valence-corrected chi connectivity index (χ4v) is 3.56. The standard InChI is InChI=1S/C23H26N2O7/c1-29-15-5-6-21(32-4)18(12-15)20-13-19(24-25(20)22(26)7-8-23(27)28)14-9-16(30-2)11-17(10-14)31-3/h5-6,9-12,20H,7-8,13H2,1-4H3,(H,27,28)/t20-/m1/s1. The molecule has 9 heteroatoms. The largest absolute Gasteiger partial charge is 0.497 e. The summed E-state index contributed by atoms with van der Waals surface area (Å²) >= 11 is 0. The minimum Gasteiger partial charge on any atom is -0.497 e. The van der Waals surface area contributed by atoms with Crippen molar-refractivity contribution in [3.8, 4) is 23.0 Å². The molecule has 1 aliphatic rings. The number of hydrogen-bond donors (Lipinski definition) is 1. The zero-order valence-corrected chi connectivity index (χ0v) is 18.5. The van der Waals surface area contributed by atoms with E-state index < -0.39 is 17.9 Å². The number of hydrazone groups is 1. The lowest BCUT2D eigenvalue weighted by Crippen LogP contribution is -2.27. The minimum atomic E-state index is -1.05. The molecule has 0 aromatic heterocycles. The summed E-state index contributed by atoms with van der Waals surface area (Å²) < 4.78 is 21.6. The van der Waals surface area contributed by atoms with Crippen molar-refractivity contribution in [3.05, 3.63) is 47.5 Å². The van der Waals surface area contributed by atoms with E-state index in [-0.39, 0.29) is 12.8 Å². The van der Waals surface area contributed by atoms with Crippen LogP contribution in [0.4, 0.5) is 0 Å². The number of ether oxygens (including phenoxy) is 4. The summed E-state index contributed by atoms with van der Waals surface area (Å²) in [5.74, 6) is 0.921. The van der Waals surface area contributed by atoms with E-state index in [1.54, 1.807) is 52.7 Å². The van der Waals surface area contributed by atoms with Gasteiger partial charge in [0.2, 0.25) is 5.91 Å². The number of amides is 1. The predicted molar refractivity (Wildman–Crippen MR) is 117 cm³/mol. The van der Waals surface area contributed by atoms with Gasteiger partial charge in [0.05, 0.1) is 46.6 Å². The predicted octanol–water partition coefficient (Wildman–Crippen LogP) is 3.26. The normalized spacial score (nSPS) is 15.2. The molecule has 0 aliphatic carbocycles. The van der Waals surface area contributed by atoms with Crippen molar-refractivity contribution < 1.29 is 33.6 Å². The Balaban J connectivity index is 2.05. The van der Waals surface area contributed by atoms with E-state index in [1.807, 2.05) is 12.1 Å². The first-order chi connectivity index (χ1) is 15.4. The first-order valence-electron chi connectivity index (χ1n) is 9.96. The summed E-state index contributed by atoms with van der Waals surface area (Å²) in [6, 6.07) is 10.2. The summed E-state index contributed by atoms with van der Waals surface area (Å²) in [6.07, 6.45) is -0.0654. The second kappa shape index (κ2) is 10.0. The van der Waals surface area contributed by atoms with Gasteiger partial charge in [-0.1, -0.05) is 0 Å². The maximum Gasteiger partial charge on any atom is 0.303 e. The lowest BCUT2D eigenvalue weighted by molar-refractivity contribution is -0.141. The highest BCUT2D eigenvalue weighted by molar-refractivity contribution is 6.04. The molecule has 1 atom stereocenters. The van der Waals surface area contributed by atoms with Gasteiger partial charge >= 0.3 is 5.97 Å². The molecule has 9 nitrogen and oxygen atoms in total. The highest BCUT2D eigenvalue weighted by atomic mass is 16.5. The number of rotatable bonds is 9. The topological polar surface area (TPSA) is 107 Å². The Morgan fingerprint density at radius 3 is 2.16 bits per heavy atom. The molecule has 0 spiro atoms. The van der Waals surface area contributed by atoms with Crippen molar-refractivity contribution in [1.82, 2.24) is 5.01 Å². The van der Waals surface area contributed by atoms with E-state index in [2.05, 4.69) is 5.10 Å². The number of hydrogen-bond acceptors (Lipinski definition) is 7. The van der Waals surface area contributed by atoms with Crippen LogP contribution in [0.25, 0.3) is 0 Å². The Bertz CT molecular complexity index is 1010. The van der Waals surface area contributed by atoms with Gasteiger partial charge < -0.3 is 24.1 Å². The van der Waals surface area contributed by atoms with Crippen molar-refractivity contribution in [1.29, 1.82) is 0 Å². The number of nitrogens with zero attached hydrogens (tertiary/aromatic N) is 2. The fraction of sp³-hybridized carbons (Fsp3) is 0.348. The summed E-state index contributed by atoms with van der Waals surface area (Å²) in [7, 11) is 6.22. The lowest BCUT2D eigenvalue weighted by atomic mass is 9.97. The third kappa shape index (κ3) is 4.93. The Labute approximate surface area is 186 Å². The molecule has 1 aliphatic heterocycles. The van der Waals surface area contributed by atoms with E-state index in [4.69, 9.17) is 24.1 Å². The van der Waals surface area contributed by atoms with E-state index in [1.165, 1.54) is 5.01 Å². The lowest BCUT2D eigenvalue weighted by Gasteiger charge is -2.24. The molecule has 0 fully saturated rings. The van der Waals surface area contributed by atoms with Crippen LogP contribution in [0.5, 0.6) is 23.0 Å². The van der Waals surface area contributed by atoms with Gasteiger partial charge in [-0.25, -0.2) is 5.01 Å². The van der Waals surface area contributed by atoms with Gasteiger partial charge in [-0.15, -0.1) is 0 Å². The Hall–Kier alpha value is -3.75. The van der Waals surface area contributed by atoms with Gasteiger partial charge in [0, 0.05) is 30.0 Å². The van der Waals surface area contributed by atoms with E-state index in [0.717, 1.165) is 5.56 Å². The number of carboxylic acid groups (broad SMARTS) is 1. The Kier molecular flexibility index (Phi) is 7.19. The quantitative estimate of drug-likeness (QED) is 0.635. The summed E-state index contributed by atoms with van der Waals surface area (Å²) in [5.41, 5.74) is 2.09. The summed E-state index contributed by atoms with van der Waals surface area (Å²) in [4.78, 5) is 24.0. The zero-order valence-electron chi connectivity index (χ0n) is 18.5. The second-order valence-electron chi connectivity index (χ2n) is 7.11. The van der Waals surface area contributed by atoms with Gasteiger partial charge in [-0.3, -0.25) is 9.59 Å². The molecule has 3 rings (SSSR count). The van der Waals surface area contributed by atoms with E-state index in [9.17, 15) is 9.59 Å². The smallest absolute Gasteiger partial charge is 0.303 e. The average molecular weight is 442 g/mol. The molecular formula is C23H26N2O7. The van der Waals surface area contributed by atoms with Crippen LogP contribution in [0, 0.1) is 0 Å². The minimum absolute atomic E-state index is 0.170. The van der Waals surface area contributed by atoms with Crippen LogP contribution >= 0.6 is 0 Å². The van der Waals surface area contributed by atoms with Crippen LogP contribution in [0.1, 0.15) is 36.4 Å². The number of carbonyl (C=O) groups excluding carboxylic acids is 1. The molecule has 1 amide bonds. The molecule has 1 heterocycles. The fourth-order valence-electron chi connectivity index (χ4n) is 3.56. The van der Waals surface area contributed by atoms with E-state index >= 15 is 0 Å². The molecule has 0 unspecified atom stereocenters. The summed E-state index contributed by atoms with van der Waals surface area (Å²) in [5, 5.41) is 14.9. The molecule has 0 radical (unpaired) electrons. The van der Waals surface area contributed by atoms with Gasteiger partial charge in [0.1, 0.15) is 23.0 Å². The molecule has 32 heavy (non-hydrogen) atoms. The number of carbonyl (C=O) groups is 2. The van der Waals surface area contributed by atoms with Gasteiger partial charge in [0.15, 0.2) is 0 Å². The first-order valence-corrected chi connectivity index (χ1v) is 9.96. The molecule has 0 bridgehead atoms. The molecular weight excluding hydrogens is 416 g/mol. The maximum absolute atomic E-state index is 12.9. The van der Waals surface area contributed by atoms with Crippen molar-refractivity contribution in [2.24, 2.45) is 5.10 Å². The van der Waals surface area contributed by atoms with Crippen LogP contribution < -0.4 is 18.9 Å². The van der Waals surface area contributed by atoms with Crippen LogP contribution in [0.15, 0.2) is 41.5 Å². The van der Waals surface area contributed by atoms with Crippen molar-refractivity contribution in [2.45, 2.75) is 25.3 Å². The van der Waals surface area contributed by atoms with Gasteiger partial charge in [-0.05, 0) is 30.3 Å². The van der Waals surface area contributed by atoms with Crippen LogP contribution in [0.2, 0.25) is 0 Å².